The molecule has 0 aromatic heterocycles. The van der Waals surface area contributed by atoms with Crippen LogP contribution in [-0.4, -0.2) is 23.9 Å². The van der Waals surface area contributed by atoms with Crippen LogP contribution in [-0.2, 0) is 4.74 Å². The zero-order valence-electron chi connectivity index (χ0n) is 7.47. The Bertz CT molecular complexity index is 174. The van der Waals surface area contributed by atoms with Gasteiger partial charge in [0.2, 0.25) is 0 Å². The van der Waals surface area contributed by atoms with E-state index in [1.54, 1.807) is 0 Å². The van der Waals surface area contributed by atoms with Gasteiger partial charge in [0.25, 0.3) is 0 Å². The Balaban J connectivity index is 2.74. The molecule has 1 aliphatic heterocycles. The molecular formula is C8H14F2O2. The lowest BCUT2D eigenvalue weighted by Crippen LogP contribution is -2.37. The van der Waals surface area contributed by atoms with E-state index in [0.29, 0.717) is 0 Å². The highest BCUT2D eigenvalue weighted by Crippen LogP contribution is 2.41. The molecule has 0 amide bonds. The lowest BCUT2D eigenvalue weighted by molar-refractivity contribution is -0.249. The van der Waals surface area contributed by atoms with Crippen LogP contribution in [0.25, 0.3) is 0 Å². The van der Waals surface area contributed by atoms with Gasteiger partial charge in [0.05, 0.1) is 6.61 Å². The maximum Gasteiger partial charge on any atom is 0.381 e. The highest BCUT2D eigenvalue weighted by molar-refractivity contribution is 4.89. The molecule has 2 atom stereocenters. The third kappa shape index (κ3) is 1.59. The van der Waals surface area contributed by atoms with Crippen LogP contribution >= 0.6 is 0 Å². The fourth-order valence-corrected chi connectivity index (χ4v) is 1.34. The summed E-state index contributed by atoms with van der Waals surface area (Å²) in [4.78, 5) is 0. The largest absolute Gasteiger partial charge is 0.384 e. The summed E-state index contributed by atoms with van der Waals surface area (Å²) in [6.45, 7) is 5.36. The van der Waals surface area contributed by atoms with Gasteiger partial charge in [0.1, 0.15) is 0 Å². The van der Waals surface area contributed by atoms with E-state index in [1.165, 1.54) is 0 Å². The maximum absolute atomic E-state index is 12.6. The smallest absolute Gasteiger partial charge is 0.381 e. The summed E-state index contributed by atoms with van der Waals surface area (Å²) in [5, 5.41) is 9.18. The van der Waals surface area contributed by atoms with E-state index >= 15 is 0 Å². The first-order chi connectivity index (χ1) is 5.25. The molecule has 1 rings (SSSR count). The van der Waals surface area contributed by atoms with Gasteiger partial charge >= 0.3 is 6.11 Å². The summed E-state index contributed by atoms with van der Waals surface area (Å²) >= 11 is 0. The summed E-state index contributed by atoms with van der Waals surface area (Å²) in [5.41, 5.74) is -0.348. The summed E-state index contributed by atoms with van der Waals surface area (Å²) < 4.78 is 29.5. The molecule has 2 nitrogen and oxygen atoms in total. The molecule has 0 aliphatic carbocycles. The Morgan fingerprint density at radius 1 is 1.42 bits per heavy atom. The number of aliphatic hydroxyl groups is 1. The van der Waals surface area contributed by atoms with Crippen molar-refractivity contribution in [2.75, 3.05) is 6.61 Å². The number of hydrogen-bond acceptors (Lipinski definition) is 2. The number of hydrogen-bond donors (Lipinski definition) is 1. The van der Waals surface area contributed by atoms with E-state index in [9.17, 15) is 13.9 Å². The molecule has 0 saturated carbocycles. The van der Waals surface area contributed by atoms with Crippen LogP contribution in [0, 0.1) is 11.3 Å². The zero-order chi connectivity index (χ0) is 9.57. The van der Waals surface area contributed by atoms with Gasteiger partial charge in [-0.25, -0.2) is 0 Å². The van der Waals surface area contributed by atoms with Crippen LogP contribution in [0.2, 0.25) is 0 Å². The van der Waals surface area contributed by atoms with E-state index in [-0.39, 0.29) is 12.0 Å². The molecule has 12 heavy (non-hydrogen) atoms. The third-order valence-corrected chi connectivity index (χ3v) is 2.29. The van der Waals surface area contributed by atoms with Gasteiger partial charge < -0.3 is 9.84 Å². The number of ether oxygens (including phenoxy) is 1. The van der Waals surface area contributed by atoms with Crippen LogP contribution in [0.3, 0.4) is 0 Å². The van der Waals surface area contributed by atoms with Crippen LogP contribution in [0.1, 0.15) is 20.8 Å². The van der Waals surface area contributed by atoms with E-state index in [4.69, 9.17) is 0 Å². The number of halogens is 2. The Morgan fingerprint density at radius 2 is 1.92 bits per heavy atom. The van der Waals surface area contributed by atoms with Crippen LogP contribution in [0.4, 0.5) is 8.78 Å². The Kier molecular flexibility index (Phi) is 2.17. The average Bonchev–Trinajstić information content (AvgIpc) is 2.06. The predicted molar refractivity (Wildman–Crippen MR) is 39.9 cm³/mol. The Labute approximate surface area is 70.5 Å². The predicted octanol–water partition coefficient (Wildman–Crippen LogP) is 1.63. The second kappa shape index (κ2) is 2.64. The third-order valence-electron chi connectivity index (χ3n) is 2.29. The highest BCUT2D eigenvalue weighted by Gasteiger charge is 2.54. The Hall–Kier alpha value is -0.220. The van der Waals surface area contributed by atoms with E-state index < -0.39 is 18.1 Å². The van der Waals surface area contributed by atoms with Crippen molar-refractivity contribution < 1.29 is 18.6 Å². The molecule has 0 bridgehead atoms. The highest BCUT2D eigenvalue weighted by atomic mass is 19.3. The van der Waals surface area contributed by atoms with Crippen LogP contribution in [0.15, 0.2) is 0 Å². The van der Waals surface area contributed by atoms with Crippen molar-refractivity contribution in [2.45, 2.75) is 33.0 Å². The lowest BCUT2D eigenvalue weighted by atomic mass is 9.79. The molecule has 1 N–H and O–H groups in total. The standard InChI is InChI=1S/C8H14F2O2/c1-7(2,3)5-4-12-8(9,10)6(5)11/h5-6,11H,4H2,1-3H3/t5-,6-/m1/s1. The number of rotatable bonds is 0. The molecule has 0 aromatic carbocycles. The van der Waals surface area contributed by atoms with Crippen molar-refractivity contribution in [2.24, 2.45) is 11.3 Å². The molecule has 4 heteroatoms. The molecule has 1 fully saturated rings. The van der Waals surface area contributed by atoms with Crippen LogP contribution in [0.5, 0.6) is 0 Å². The van der Waals surface area contributed by atoms with Gasteiger partial charge in [-0.1, -0.05) is 20.8 Å². The lowest BCUT2D eigenvalue weighted by Gasteiger charge is -2.28. The fraction of sp³-hybridized carbons (Fsp3) is 1.00. The summed E-state index contributed by atoms with van der Waals surface area (Å²) in [6.07, 6.45) is -5.03. The molecule has 0 spiro atoms. The second-order valence-corrected chi connectivity index (χ2v) is 4.29. The fourth-order valence-electron chi connectivity index (χ4n) is 1.34. The monoisotopic (exact) mass is 180 g/mol. The van der Waals surface area contributed by atoms with E-state index in [2.05, 4.69) is 4.74 Å². The summed E-state index contributed by atoms with van der Waals surface area (Å²) in [5.74, 6) is -0.493. The van der Waals surface area contributed by atoms with Crippen molar-refractivity contribution in [3.63, 3.8) is 0 Å². The molecule has 1 aliphatic rings. The first kappa shape index (κ1) is 9.86. The minimum atomic E-state index is -3.36. The van der Waals surface area contributed by atoms with Gasteiger partial charge in [-0.3, -0.25) is 0 Å². The molecule has 0 aromatic rings. The van der Waals surface area contributed by atoms with Crippen molar-refractivity contribution >= 4 is 0 Å². The van der Waals surface area contributed by atoms with Crippen molar-refractivity contribution in [3.8, 4) is 0 Å². The normalized spacial score (nSPS) is 35.5. The van der Waals surface area contributed by atoms with Crippen molar-refractivity contribution in [3.05, 3.63) is 0 Å². The molecule has 0 unspecified atom stereocenters. The maximum atomic E-state index is 12.6. The SMILES string of the molecule is CC(C)(C)[C@@H]1COC(F)(F)[C@@H]1O. The number of alkyl halides is 2. The minimum absolute atomic E-state index is 0.0718. The zero-order valence-corrected chi connectivity index (χ0v) is 7.47. The average molecular weight is 180 g/mol. The van der Waals surface area contributed by atoms with Crippen molar-refractivity contribution in [1.82, 2.24) is 0 Å². The van der Waals surface area contributed by atoms with Gasteiger partial charge in [0, 0.05) is 5.92 Å². The molecular weight excluding hydrogens is 166 g/mol. The van der Waals surface area contributed by atoms with Gasteiger partial charge in [-0.15, -0.1) is 0 Å². The molecule has 0 radical (unpaired) electrons. The summed E-state index contributed by atoms with van der Waals surface area (Å²) in [6, 6.07) is 0. The topological polar surface area (TPSA) is 29.5 Å². The second-order valence-electron chi connectivity index (χ2n) is 4.29. The van der Waals surface area contributed by atoms with Crippen molar-refractivity contribution in [1.29, 1.82) is 0 Å². The van der Waals surface area contributed by atoms with E-state index in [1.807, 2.05) is 20.8 Å². The van der Waals surface area contributed by atoms with Gasteiger partial charge in [-0.2, -0.15) is 8.78 Å². The first-order valence-corrected chi connectivity index (χ1v) is 3.95. The molecule has 72 valence electrons. The Morgan fingerprint density at radius 3 is 2.08 bits per heavy atom. The van der Waals surface area contributed by atoms with E-state index in [0.717, 1.165) is 0 Å². The molecule has 1 heterocycles. The molecule has 1 saturated heterocycles. The summed E-state index contributed by atoms with van der Waals surface area (Å²) in [7, 11) is 0. The van der Waals surface area contributed by atoms with Gasteiger partial charge in [0.15, 0.2) is 6.10 Å². The van der Waals surface area contributed by atoms with Crippen LogP contribution < -0.4 is 0 Å². The first-order valence-electron chi connectivity index (χ1n) is 3.95. The quantitative estimate of drug-likeness (QED) is 0.614. The minimum Gasteiger partial charge on any atom is -0.384 e. The van der Waals surface area contributed by atoms with Gasteiger partial charge in [-0.05, 0) is 5.41 Å². The number of aliphatic hydroxyl groups excluding tert-OH is 1.